The molecule has 0 radical (unpaired) electrons. The highest BCUT2D eigenvalue weighted by Crippen LogP contribution is 2.30. The summed E-state index contributed by atoms with van der Waals surface area (Å²) in [5.41, 5.74) is 0.116. The molecule has 0 saturated carbocycles. The molecule has 0 spiro atoms. The van der Waals surface area contributed by atoms with Crippen molar-refractivity contribution in [2.75, 3.05) is 25.7 Å². The molecule has 9 nitrogen and oxygen atoms in total. The third-order valence-electron chi connectivity index (χ3n) is 4.62. The summed E-state index contributed by atoms with van der Waals surface area (Å²) in [7, 11) is 3.05. The molecule has 0 saturated heterocycles. The number of carbonyl (C=O) groups is 2. The molecule has 9 heteroatoms. The summed E-state index contributed by atoms with van der Waals surface area (Å²) in [5.74, 6) is 1.28. The minimum absolute atomic E-state index is 0.0455. The second-order valence-corrected chi connectivity index (χ2v) is 6.70. The third kappa shape index (κ3) is 4.40. The smallest absolute Gasteiger partial charge is 0.270 e. The number of para-hydroxylation sites is 1. The molecule has 3 aromatic rings. The van der Waals surface area contributed by atoms with Crippen LogP contribution in [0.15, 0.2) is 60.8 Å². The van der Waals surface area contributed by atoms with Gasteiger partial charge in [-0.1, -0.05) is 18.2 Å². The Kier molecular flexibility index (Phi) is 5.65. The number of hydrogen-bond acceptors (Lipinski definition) is 7. The molecule has 0 unspecified atom stereocenters. The summed E-state index contributed by atoms with van der Waals surface area (Å²) < 4.78 is 16.6. The number of benzene rings is 1. The fraction of sp³-hybridized carbons (Fsp3) is 0.182. The van der Waals surface area contributed by atoms with Crippen LogP contribution in [0.1, 0.15) is 10.5 Å². The first-order valence-electron chi connectivity index (χ1n) is 9.50. The van der Waals surface area contributed by atoms with Gasteiger partial charge in [-0.2, -0.15) is 4.98 Å². The zero-order valence-electron chi connectivity index (χ0n) is 16.9. The van der Waals surface area contributed by atoms with E-state index < -0.39 is 11.9 Å². The van der Waals surface area contributed by atoms with Crippen LogP contribution < -0.4 is 24.4 Å². The van der Waals surface area contributed by atoms with Crippen molar-refractivity contribution in [3.63, 3.8) is 0 Å². The Bertz CT molecular complexity index is 1110. The van der Waals surface area contributed by atoms with E-state index in [4.69, 9.17) is 14.2 Å². The highest BCUT2D eigenvalue weighted by Gasteiger charge is 2.32. The molecule has 0 fully saturated rings. The predicted octanol–water partition coefficient (Wildman–Crippen LogP) is 2.43. The summed E-state index contributed by atoms with van der Waals surface area (Å²) in [5, 5.41) is 2.68. The van der Waals surface area contributed by atoms with Crippen LogP contribution in [-0.4, -0.2) is 48.6 Å². The lowest BCUT2D eigenvalue weighted by molar-refractivity contribution is -0.120. The number of hydrogen-bond donors (Lipinski definition) is 1. The van der Waals surface area contributed by atoms with Gasteiger partial charge in [-0.3, -0.25) is 19.5 Å². The molecule has 158 valence electrons. The van der Waals surface area contributed by atoms with Gasteiger partial charge in [0.2, 0.25) is 5.88 Å². The van der Waals surface area contributed by atoms with Gasteiger partial charge < -0.3 is 19.5 Å². The van der Waals surface area contributed by atoms with Crippen molar-refractivity contribution >= 4 is 17.6 Å². The molecule has 3 heterocycles. The van der Waals surface area contributed by atoms with E-state index in [2.05, 4.69) is 15.3 Å². The predicted molar refractivity (Wildman–Crippen MR) is 112 cm³/mol. The van der Waals surface area contributed by atoms with Crippen molar-refractivity contribution in [1.82, 2.24) is 15.3 Å². The summed E-state index contributed by atoms with van der Waals surface area (Å²) >= 11 is 0. The lowest BCUT2D eigenvalue weighted by Gasteiger charge is -2.19. The number of methoxy groups -OCH3 is 1. The lowest BCUT2D eigenvalue weighted by Crippen LogP contribution is -2.49. The summed E-state index contributed by atoms with van der Waals surface area (Å²) in [4.78, 5) is 35.3. The van der Waals surface area contributed by atoms with Gasteiger partial charge in [0.05, 0.1) is 7.11 Å². The van der Waals surface area contributed by atoms with Gasteiger partial charge in [-0.15, -0.1) is 0 Å². The first-order chi connectivity index (χ1) is 15.0. The van der Waals surface area contributed by atoms with Crippen molar-refractivity contribution in [3.05, 3.63) is 66.5 Å². The Morgan fingerprint density at radius 3 is 2.74 bits per heavy atom. The Morgan fingerprint density at radius 1 is 1.16 bits per heavy atom. The molecule has 1 aromatic carbocycles. The van der Waals surface area contributed by atoms with E-state index in [1.165, 1.54) is 24.3 Å². The first-order valence-corrected chi connectivity index (χ1v) is 9.50. The minimum Gasteiger partial charge on any atom is -0.487 e. The van der Waals surface area contributed by atoms with E-state index in [0.29, 0.717) is 28.9 Å². The van der Waals surface area contributed by atoms with E-state index in [9.17, 15) is 9.59 Å². The maximum atomic E-state index is 12.9. The van der Waals surface area contributed by atoms with E-state index in [-0.39, 0.29) is 18.2 Å². The SMILES string of the molecule is COc1ccc2c(n1)N(C)C(=O)[C@@H](NC(=O)c1cc(Oc3ccccc3)ccn1)CO2. The van der Waals surface area contributed by atoms with Gasteiger partial charge in [0.25, 0.3) is 11.8 Å². The Labute approximate surface area is 178 Å². The van der Waals surface area contributed by atoms with Crippen LogP contribution in [0.2, 0.25) is 0 Å². The van der Waals surface area contributed by atoms with Crippen molar-refractivity contribution in [1.29, 1.82) is 0 Å². The summed E-state index contributed by atoms with van der Waals surface area (Å²) in [6, 6.07) is 14.7. The number of ether oxygens (including phenoxy) is 3. The first kappa shape index (κ1) is 20.1. The normalized spacial score (nSPS) is 15.4. The van der Waals surface area contributed by atoms with E-state index in [1.807, 2.05) is 18.2 Å². The standard InChI is InChI=1S/C22H20N4O5/c1-26-20-18(8-9-19(25-20)29-2)30-13-17(22(26)28)24-21(27)16-12-15(10-11-23-16)31-14-6-4-3-5-7-14/h3-12,17H,13H2,1-2H3,(H,24,27)/t17-/m0/s1. The molecule has 31 heavy (non-hydrogen) atoms. The molecule has 1 aliphatic rings. The fourth-order valence-corrected chi connectivity index (χ4v) is 3.03. The third-order valence-corrected chi connectivity index (χ3v) is 4.62. The number of amides is 2. The number of pyridine rings is 2. The van der Waals surface area contributed by atoms with Gasteiger partial charge >= 0.3 is 0 Å². The Balaban J connectivity index is 1.48. The monoisotopic (exact) mass is 420 g/mol. The minimum atomic E-state index is -0.918. The van der Waals surface area contributed by atoms with Crippen molar-refractivity contribution in [2.45, 2.75) is 6.04 Å². The van der Waals surface area contributed by atoms with Gasteiger partial charge in [-0.25, -0.2) is 0 Å². The molecular weight excluding hydrogens is 400 g/mol. The van der Waals surface area contributed by atoms with Crippen molar-refractivity contribution < 1.29 is 23.8 Å². The quantitative estimate of drug-likeness (QED) is 0.676. The van der Waals surface area contributed by atoms with Crippen LogP contribution in [0.3, 0.4) is 0 Å². The highest BCUT2D eigenvalue weighted by atomic mass is 16.5. The average Bonchev–Trinajstić information content (AvgIpc) is 2.91. The Morgan fingerprint density at radius 2 is 1.97 bits per heavy atom. The zero-order chi connectivity index (χ0) is 21.8. The summed E-state index contributed by atoms with van der Waals surface area (Å²) in [6.45, 7) is -0.0455. The molecule has 2 aromatic heterocycles. The molecule has 1 atom stereocenters. The van der Waals surface area contributed by atoms with E-state index in [0.717, 1.165) is 0 Å². The van der Waals surface area contributed by atoms with Gasteiger partial charge in [0.15, 0.2) is 11.6 Å². The zero-order valence-corrected chi connectivity index (χ0v) is 16.9. The van der Waals surface area contributed by atoms with Crippen LogP contribution in [0.25, 0.3) is 0 Å². The molecular formula is C22H20N4O5. The van der Waals surface area contributed by atoms with Gasteiger partial charge in [0.1, 0.15) is 29.8 Å². The number of anilines is 1. The molecule has 0 bridgehead atoms. The maximum absolute atomic E-state index is 12.9. The number of fused-ring (bicyclic) bond motifs is 1. The van der Waals surface area contributed by atoms with Crippen LogP contribution in [0.4, 0.5) is 5.82 Å². The maximum Gasteiger partial charge on any atom is 0.270 e. The molecule has 2 amide bonds. The largest absolute Gasteiger partial charge is 0.487 e. The molecule has 1 aliphatic heterocycles. The van der Waals surface area contributed by atoms with Crippen LogP contribution >= 0.6 is 0 Å². The lowest BCUT2D eigenvalue weighted by atomic mass is 10.2. The van der Waals surface area contributed by atoms with Crippen LogP contribution in [-0.2, 0) is 4.79 Å². The molecule has 0 aliphatic carbocycles. The Hall–Kier alpha value is -4.14. The summed E-state index contributed by atoms with van der Waals surface area (Å²) in [6.07, 6.45) is 1.47. The number of aromatic nitrogens is 2. The number of carbonyl (C=O) groups excluding carboxylic acids is 2. The topological polar surface area (TPSA) is 103 Å². The number of likely N-dealkylation sites (N-methyl/N-ethyl adjacent to an activating group) is 1. The van der Waals surface area contributed by atoms with Crippen molar-refractivity contribution in [2.24, 2.45) is 0 Å². The van der Waals surface area contributed by atoms with Crippen molar-refractivity contribution in [3.8, 4) is 23.1 Å². The average molecular weight is 420 g/mol. The van der Waals surface area contributed by atoms with E-state index >= 15 is 0 Å². The molecule has 1 N–H and O–H groups in total. The fourth-order valence-electron chi connectivity index (χ4n) is 3.03. The van der Waals surface area contributed by atoms with Crippen LogP contribution in [0, 0.1) is 0 Å². The highest BCUT2D eigenvalue weighted by molar-refractivity contribution is 6.02. The number of nitrogens with zero attached hydrogens (tertiary/aromatic N) is 3. The number of nitrogens with one attached hydrogen (secondary N) is 1. The number of rotatable bonds is 5. The van der Waals surface area contributed by atoms with Crippen LogP contribution in [0.5, 0.6) is 23.1 Å². The second-order valence-electron chi connectivity index (χ2n) is 6.70. The molecule has 4 rings (SSSR count). The van der Waals surface area contributed by atoms with Gasteiger partial charge in [-0.05, 0) is 24.3 Å². The van der Waals surface area contributed by atoms with Gasteiger partial charge in [0, 0.05) is 25.4 Å². The van der Waals surface area contributed by atoms with E-state index in [1.54, 1.807) is 37.4 Å². The second kappa shape index (κ2) is 8.70.